The third-order valence-electron chi connectivity index (χ3n) is 3.97. The Hall–Kier alpha value is -2.10. The Bertz CT molecular complexity index is 893. The van der Waals surface area contributed by atoms with Crippen LogP contribution in [0.25, 0.3) is 0 Å². The van der Waals surface area contributed by atoms with Gasteiger partial charge in [-0.05, 0) is 43.0 Å². The maximum absolute atomic E-state index is 12.9. The fourth-order valence-electron chi connectivity index (χ4n) is 2.32. The molecule has 0 heterocycles. The van der Waals surface area contributed by atoms with Gasteiger partial charge < -0.3 is 14.2 Å². The van der Waals surface area contributed by atoms with Crippen molar-refractivity contribution in [3.63, 3.8) is 0 Å². The van der Waals surface area contributed by atoms with Crippen molar-refractivity contribution in [1.29, 1.82) is 0 Å². The van der Waals surface area contributed by atoms with E-state index < -0.39 is 10.0 Å². The lowest BCUT2D eigenvalue weighted by atomic mass is 10.3. The third-order valence-corrected chi connectivity index (χ3v) is 6.26. The molecule has 3 rings (SSSR count). The topological polar surface area (TPSA) is 85.9 Å². The van der Waals surface area contributed by atoms with Gasteiger partial charge in [0, 0.05) is 29.1 Å². The van der Waals surface area contributed by atoms with E-state index in [0.29, 0.717) is 29.0 Å². The van der Waals surface area contributed by atoms with E-state index in [-0.39, 0.29) is 4.90 Å². The Morgan fingerprint density at radius 3 is 2.07 bits per heavy atom. The molecular formula is C20H28N2O5S2. The van der Waals surface area contributed by atoms with Crippen molar-refractivity contribution < 1.29 is 22.6 Å². The van der Waals surface area contributed by atoms with Crippen LogP contribution >= 0.6 is 11.9 Å². The highest BCUT2D eigenvalue weighted by atomic mass is 32.2. The second kappa shape index (κ2) is 10.6. The number of hydrogen-bond acceptors (Lipinski definition) is 7. The predicted molar refractivity (Wildman–Crippen MR) is 117 cm³/mol. The number of ether oxygens (including phenoxy) is 3. The van der Waals surface area contributed by atoms with E-state index in [2.05, 4.69) is 9.44 Å². The van der Waals surface area contributed by atoms with E-state index in [1.165, 1.54) is 58.3 Å². The van der Waals surface area contributed by atoms with Gasteiger partial charge >= 0.3 is 0 Å². The van der Waals surface area contributed by atoms with Crippen molar-refractivity contribution in [2.75, 3.05) is 26.1 Å². The first-order chi connectivity index (χ1) is 13.9. The Kier molecular flexibility index (Phi) is 8.48. The fraction of sp³-hybridized carbons (Fsp3) is 0.400. The van der Waals surface area contributed by atoms with Gasteiger partial charge in [0.15, 0.2) is 0 Å². The molecule has 1 saturated carbocycles. The van der Waals surface area contributed by atoms with Gasteiger partial charge in [-0.2, -0.15) is 0 Å². The van der Waals surface area contributed by atoms with Crippen molar-refractivity contribution in [2.24, 2.45) is 0 Å². The molecule has 0 bridgehead atoms. The van der Waals surface area contributed by atoms with Crippen molar-refractivity contribution >= 4 is 27.7 Å². The summed E-state index contributed by atoms with van der Waals surface area (Å²) >= 11 is 1.48. The summed E-state index contributed by atoms with van der Waals surface area (Å²) in [6, 6.07) is 10.4. The molecule has 9 heteroatoms. The second-order valence-corrected chi connectivity index (χ2v) is 8.60. The van der Waals surface area contributed by atoms with E-state index in [9.17, 15) is 8.42 Å². The molecule has 0 aliphatic heterocycles. The van der Waals surface area contributed by atoms with Crippen LogP contribution in [-0.4, -0.2) is 35.8 Å². The molecule has 1 aliphatic carbocycles. The zero-order valence-corrected chi connectivity index (χ0v) is 18.9. The molecule has 0 aromatic heterocycles. The fourth-order valence-corrected chi connectivity index (χ4v) is 4.28. The summed E-state index contributed by atoms with van der Waals surface area (Å²) < 4.78 is 47.3. The standard InChI is InChI=1S/C18H22N2O5S2.C2H6/c1-23-13-8-14(24-2)10-16(9-13)27(21,22)20-17-11-15(6-7-18(17)25-3)26-19-12-4-5-12;1-2/h6-12,19-20H,4-5H2,1-3H3;1-2H3. The van der Waals surface area contributed by atoms with Crippen LogP contribution in [0, 0.1) is 0 Å². The van der Waals surface area contributed by atoms with E-state index >= 15 is 0 Å². The summed E-state index contributed by atoms with van der Waals surface area (Å²) in [5.74, 6) is 1.21. The maximum Gasteiger partial charge on any atom is 0.262 e. The largest absolute Gasteiger partial charge is 0.497 e. The lowest BCUT2D eigenvalue weighted by Crippen LogP contribution is -2.14. The van der Waals surface area contributed by atoms with Crippen molar-refractivity contribution in [3.05, 3.63) is 36.4 Å². The summed E-state index contributed by atoms with van der Waals surface area (Å²) in [7, 11) is 0.565. The highest BCUT2D eigenvalue weighted by molar-refractivity contribution is 7.97. The van der Waals surface area contributed by atoms with E-state index in [4.69, 9.17) is 14.2 Å². The number of nitrogens with one attached hydrogen (secondary N) is 2. The lowest BCUT2D eigenvalue weighted by Gasteiger charge is -2.14. The smallest absolute Gasteiger partial charge is 0.262 e. The molecule has 1 fully saturated rings. The molecule has 160 valence electrons. The Morgan fingerprint density at radius 2 is 1.55 bits per heavy atom. The van der Waals surface area contributed by atoms with Gasteiger partial charge in [0.05, 0.1) is 31.9 Å². The number of hydrogen-bond donors (Lipinski definition) is 2. The minimum Gasteiger partial charge on any atom is -0.497 e. The lowest BCUT2D eigenvalue weighted by molar-refractivity contribution is 0.392. The molecule has 2 aromatic carbocycles. The van der Waals surface area contributed by atoms with E-state index in [0.717, 1.165) is 4.90 Å². The van der Waals surface area contributed by atoms with Crippen molar-refractivity contribution in [3.8, 4) is 17.2 Å². The first kappa shape index (κ1) is 23.2. The highest BCUT2D eigenvalue weighted by Gasteiger charge is 2.22. The summed E-state index contributed by atoms with van der Waals surface area (Å²) in [6.07, 6.45) is 2.33. The quantitative estimate of drug-likeness (QED) is 0.562. The van der Waals surface area contributed by atoms with Crippen LogP contribution in [0.2, 0.25) is 0 Å². The molecule has 2 N–H and O–H groups in total. The molecule has 1 aliphatic rings. The highest BCUT2D eigenvalue weighted by Crippen LogP contribution is 2.34. The van der Waals surface area contributed by atoms with Gasteiger partial charge in [-0.15, -0.1) is 0 Å². The first-order valence-electron chi connectivity index (χ1n) is 9.31. The average Bonchev–Trinajstić information content (AvgIpc) is 3.57. The van der Waals surface area contributed by atoms with Gasteiger partial charge in [0.1, 0.15) is 17.2 Å². The summed E-state index contributed by atoms with van der Waals surface area (Å²) in [4.78, 5) is 0.929. The SMILES string of the molecule is CC.COc1cc(OC)cc(S(=O)(=O)Nc2cc(SNC3CC3)ccc2OC)c1. The second-order valence-electron chi connectivity index (χ2n) is 6.01. The molecule has 7 nitrogen and oxygen atoms in total. The number of benzene rings is 2. The van der Waals surface area contributed by atoms with E-state index in [1.54, 1.807) is 18.2 Å². The monoisotopic (exact) mass is 440 g/mol. The normalized spacial score (nSPS) is 13.1. The van der Waals surface area contributed by atoms with Crippen LogP contribution in [0.4, 0.5) is 5.69 Å². The Morgan fingerprint density at radius 1 is 0.931 bits per heavy atom. The molecule has 0 amide bonds. The number of methoxy groups -OCH3 is 3. The van der Waals surface area contributed by atoms with Crippen LogP contribution in [0.1, 0.15) is 26.7 Å². The number of sulfonamides is 1. The number of rotatable bonds is 9. The minimum atomic E-state index is -3.87. The van der Waals surface area contributed by atoms with Gasteiger partial charge in [0.25, 0.3) is 10.0 Å². The van der Waals surface area contributed by atoms with Crippen LogP contribution in [0.3, 0.4) is 0 Å². The first-order valence-corrected chi connectivity index (χ1v) is 11.6. The van der Waals surface area contributed by atoms with Gasteiger partial charge in [-0.3, -0.25) is 9.44 Å². The average molecular weight is 441 g/mol. The number of anilines is 1. The molecule has 29 heavy (non-hydrogen) atoms. The van der Waals surface area contributed by atoms with Gasteiger partial charge in [-0.1, -0.05) is 13.8 Å². The Labute approximate surface area is 177 Å². The van der Waals surface area contributed by atoms with Crippen molar-refractivity contribution in [2.45, 2.75) is 42.5 Å². The van der Waals surface area contributed by atoms with Crippen LogP contribution in [-0.2, 0) is 10.0 Å². The van der Waals surface area contributed by atoms with Gasteiger partial charge in [-0.25, -0.2) is 8.42 Å². The molecular weight excluding hydrogens is 412 g/mol. The van der Waals surface area contributed by atoms with Crippen LogP contribution < -0.4 is 23.7 Å². The molecule has 0 radical (unpaired) electrons. The molecule has 2 aromatic rings. The zero-order chi connectivity index (χ0) is 21.4. The van der Waals surface area contributed by atoms with Crippen molar-refractivity contribution in [1.82, 2.24) is 4.72 Å². The molecule has 0 unspecified atom stereocenters. The van der Waals surface area contributed by atoms with Crippen LogP contribution in [0.5, 0.6) is 17.2 Å². The summed E-state index contributed by atoms with van der Waals surface area (Å²) in [6.45, 7) is 4.00. The van der Waals surface area contributed by atoms with E-state index in [1.807, 2.05) is 19.9 Å². The Balaban J connectivity index is 0.00000145. The summed E-state index contributed by atoms with van der Waals surface area (Å²) in [5.41, 5.74) is 0.363. The third kappa shape index (κ3) is 6.45. The van der Waals surface area contributed by atoms with Crippen LogP contribution in [0.15, 0.2) is 46.2 Å². The molecule has 0 saturated heterocycles. The molecule has 0 spiro atoms. The van der Waals surface area contributed by atoms with Gasteiger partial charge in [0.2, 0.25) is 0 Å². The minimum absolute atomic E-state index is 0.0370. The maximum atomic E-state index is 12.9. The molecule has 0 atom stereocenters. The zero-order valence-electron chi connectivity index (χ0n) is 17.3. The summed E-state index contributed by atoms with van der Waals surface area (Å²) in [5, 5.41) is 0. The predicted octanol–water partition coefficient (Wildman–Crippen LogP) is 4.30.